The molecule has 0 saturated carbocycles. The molecule has 1 amide bonds. The first kappa shape index (κ1) is 19.7. The van der Waals surface area contributed by atoms with Crippen LogP contribution in [0.2, 0.25) is 0 Å². The van der Waals surface area contributed by atoms with Crippen molar-refractivity contribution in [3.05, 3.63) is 41.2 Å². The highest BCUT2D eigenvalue weighted by Gasteiger charge is 2.42. The van der Waals surface area contributed by atoms with Crippen molar-refractivity contribution in [3.63, 3.8) is 0 Å². The minimum absolute atomic E-state index is 0.0786. The number of carbonyl (C=O) groups excluding carboxylic acids is 3. The predicted octanol–water partition coefficient (Wildman–Crippen LogP) is 2.32. The lowest BCUT2D eigenvalue weighted by Gasteiger charge is -2.27. The molecule has 7 heteroatoms. The third-order valence-corrected chi connectivity index (χ3v) is 4.11. The van der Waals surface area contributed by atoms with Crippen molar-refractivity contribution >= 4 is 17.7 Å². The molecule has 1 heterocycles. The van der Waals surface area contributed by atoms with Gasteiger partial charge in [-0.25, -0.2) is 0 Å². The smallest absolute Gasteiger partial charge is 0.308 e. The van der Waals surface area contributed by atoms with Gasteiger partial charge >= 0.3 is 5.97 Å². The van der Waals surface area contributed by atoms with Crippen LogP contribution < -0.4 is 4.74 Å². The Bertz CT molecular complexity index is 739. The van der Waals surface area contributed by atoms with E-state index in [-0.39, 0.29) is 17.8 Å². The molecule has 1 N–H and O–H groups in total. The Morgan fingerprint density at radius 2 is 2.04 bits per heavy atom. The highest BCUT2D eigenvalue weighted by molar-refractivity contribution is 6.08. The van der Waals surface area contributed by atoms with Crippen LogP contribution >= 0.6 is 0 Å². The molecule has 0 saturated heterocycles. The number of ketones is 1. The molecule has 1 unspecified atom stereocenters. The minimum atomic E-state index is -0.720. The van der Waals surface area contributed by atoms with Crippen LogP contribution in [0.5, 0.6) is 5.75 Å². The van der Waals surface area contributed by atoms with Crippen LogP contribution in [0, 0.1) is 0 Å². The molecular weight excluding hydrogens is 338 g/mol. The first-order valence-electron chi connectivity index (χ1n) is 8.45. The summed E-state index contributed by atoms with van der Waals surface area (Å²) in [5.41, 5.74) is 0.672. The molecule has 1 aliphatic rings. The lowest BCUT2D eigenvalue weighted by atomic mass is 9.95. The first-order chi connectivity index (χ1) is 12.4. The average Bonchev–Trinajstić information content (AvgIpc) is 2.86. The van der Waals surface area contributed by atoms with E-state index in [2.05, 4.69) is 0 Å². The molecular formula is C19H23NO6. The molecule has 0 fully saturated rings. The van der Waals surface area contributed by atoms with Gasteiger partial charge < -0.3 is 19.5 Å². The van der Waals surface area contributed by atoms with Crippen molar-refractivity contribution in [2.24, 2.45) is 0 Å². The van der Waals surface area contributed by atoms with Crippen molar-refractivity contribution in [3.8, 4) is 5.75 Å². The van der Waals surface area contributed by atoms with Crippen LogP contribution in [0.15, 0.2) is 35.6 Å². The summed E-state index contributed by atoms with van der Waals surface area (Å²) in [4.78, 5) is 37.6. The maximum absolute atomic E-state index is 12.5. The third kappa shape index (κ3) is 4.11. The molecule has 7 nitrogen and oxygen atoms in total. The highest BCUT2D eigenvalue weighted by atomic mass is 16.5. The lowest BCUT2D eigenvalue weighted by molar-refractivity contribution is -0.132. The van der Waals surface area contributed by atoms with Gasteiger partial charge in [0.05, 0.1) is 11.6 Å². The van der Waals surface area contributed by atoms with Gasteiger partial charge in [0.25, 0.3) is 5.91 Å². The Kier molecular flexibility index (Phi) is 6.52. The van der Waals surface area contributed by atoms with E-state index in [0.29, 0.717) is 30.9 Å². The van der Waals surface area contributed by atoms with Crippen molar-refractivity contribution in [2.75, 3.05) is 20.3 Å². The fraction of sp³-hybridized carbons (Fsp3) is 0.421. The molecule has 0 aromatic heterocycles. The Morgan fingerprint density at radius 3 is 2.65 bits per heavy atom. The second-order valence-electron chi connectivity index (χ2n) is 5.95. The minimum Gasteiger partial charge on any atom is -0.503 e. The number of hydrogen-bond acceptors (Lipinski definition) is 6. The van der Waals surface area contributed by atoms with Gasteiger partial charge in [-0.3, -0.25) is 14.4 Å². The van der Waals surface area contributed by atoms with E-state index in [1.165, 1.54) is 11.8 Å². The largest absolute Gasteiger partial charge is 0.503 e. The second-order valence-corrected chi connectivity index (χ2v) is 5.95. The average molecular weight is 361 g/mol. The standard InChI is InChI=1S/C19H23NO6/c1-4-15(22)16-17(13-7-5-8-14(11-13)26-12(2)21)20(9-6-10-25-3)19(24)18(16)23/h5,7-8,11,17,23H,4,6,9-10H2,1-3H3. The van der Waals surface area contributed by atoms with Gasteiger partial charge in [0, 0.05) is 33.6 Å². The fourth-order valence-electron chi connectivity index (χ4n) is 3.00. The summed E-state index contributed by atoms with van der Waals surface area (Å²) in [5, 5.41) is 10.3. The van der Waals surface area contributed by atoms with Crippen molar-refractivity contribution in [1.29, 1.82) is 0 Å². The summed E-state index contributed by atoms with van der Waals surface area (Å²) in [6.45, 7) is 3.73. The summed E-state index contributed by atoms with van der Waals surface area (Å²) in [6.07, 6.45) is 0.724. The van der Waals surface area contributed by atoms with E-state index < -0.39 is 23.7 Å². The van der Waals surface area contributed by atoms with Gasteiger partial charge in [-0.05, 0) is 24.1 Å². The number of ether oxygens (including phenoxy) is 2. The molecule has 140 valence electrons. The summed E-state index contributed by atoms with van der Waals surface area (Å²) in [5.74, 6) is -1.55. The molecule has 1 aromatic rings. The van der Waals surface area contributed by atoms with Crippen LogP contribution in [-0.2, 0) is 19.1 Å². The maximum Gasteiger partial charge on any atom is 0.308 e. The monoisotopic (exact) mass is 361 g/mol. The van der Waals surface area contributed by atoms with Crippen molar-refractivity contribution < 1.29 is 29.0 Å². The number of Topliss-reactive ketones (excluding diaryl/α,β-unsaturated/α-hetero) is 1. The molecule has 0 radical (unpaired) electrons. The summed E-state index contributed by atoms with van der Waals surface area (Å²) >= 11 is 0. The second kappa shape index (κ2) is 8.62. The number of nitrogens with zero attached hydrogens (tertiary/aromatic N) is 1. The zero-order chi connectivity index (χ0) is 19.3. The molecule has 1 atom stereocenters. The Balaban J connectivity index is 2.45. The van der Waals surface area contributed by atoms with Gasteiger partial charge in [-0.15, -0.1) is 0 Å². The molecule has 2 rings (SSSR count). The molecule has 1 aliphatic heterocycles. The van der Waals surface area contributed by atoms with Crippen LogP contribution in [-0.4, -0.2) is 47.9 Å². The van der Waals surface area contributed by atoms with E-state index >= 15 is 0 Å². The summed E-state index contributed by atoms with van der Waals surface area (Å²) in [7, 11) is 1.56. The summed E-state index contributed by atoms with van der Waals surface area (Å²) in [6, 6.07) is 5.90. The number of amides is 1. The van der Waals surface area contributed by atoms with Crippen LogP contribution in [0.25, 0.3) is 0 Å². The number of benzene rings is 1. The first-order valence-corrected chi connectivity index (χ1v) is 8.45. The number of esters is 1. The van der Waals surface area contributed by atoms with E-state index in [4.69, 9.17) is 9.47 Å². The normalized spacial score (nSPS) is 17.0. The predicted molar refractivity (Wildman–Crippen MR) is 93.7 cm³/mol. The zero-order valence-electron chi connectivity index (χ0n) is 15.2. The molecule has 0 aliphatic carbocycles. The molecule has 26 heavy (non-hydrogen) atoms. The SMILES string of the molecule is CCC(=O)C1=C(O)C(=O)N(CCCOC)C1c1cccc(OC(C)=O)c1. The molecule has 0 spiro atoms. The third-order valence-electron chi connectivity index (χ3n) is 4.11. The summed E-state index contributed by atoms with van der Waals surface area (Å²) < 4.78 is 10.1. The molecule has 1 aromatic carbocycles. The number of aliphatic hydroxyl groups excluding tert-OH is 1. The quantitative estimate of drug-likeness (QED) is 0.434. The van der Waals surface area contributed by atoms with Crippen LogP contribution in [0.1, 0.15) is 38.3 Å². The number of methoxy groups -OCH3 is 1. The van der Waals surface area contributed by atoms with Crippen LogP contribution in [0.4, 0.5) is 0 Å². The van der Waals surface area contributed by atoms with Gasteiger partial charge in [0.2, 0.25) is 0 Å². The Labute approximate surface area is 152 Å². The molecule has 0 bridgehead atoms. The number of aliphatic hydroxyl groups is 1. The van der Waals surface area contributed by atoms with E-state index in [1.807, 2.05) is 0 Å². The number of rotatable bonds is 8. The number of carbonyl (C=O) groups is 3. The van der Waals surface area contributed by atoms with Gasteiger partial charge in [0.15, 0.2) is 11.5 Å². The van der Waals surface area contributed by atoms with Crippen LogP contribution in [0.3, 0.4) is 0 Å². The Morgan fingerprint density at radius 1 is 1.31 bits per heavy atom. The van der Waals surface area contributed by atoms with Gasteiger partial charge in [-0.2, -0.15) is 0 Å². The fourth-order valence-corrected chi connectivity index (χ4v) is 3.00. The van der Waals surface area contributed by atoms with E-state index in [1.54, 1.807) is 38.3 Å². The maximum atomic E-state index is 12.5. The topological polar surface area (TPSA) is 93.1 Å². The van der Waals surface area contributed by atoms with Gasteiger partial charge in [-0.1, -0.05) is 19.1 Å². The van der Waals surface area contributed by atoms with Crippen molar-refractivity contribution in [1.82, 2.24) is 4.90 Å². The lowest BCUT2D eigenvalue weighted by Crippen LogP contribution is -2.32. The van der Waals surface area contributed by atoms with E-state index in [9.17, 15) is 19.5 Å². The number of hydrogen-bond donors (Lipinski definition) is 1. The Hall–Kier alpha value is -2.67. The van der Waals surface area contributed by atoms with Gasteiger partial charge in [0.1, 0.15) is 5.75 Å². The zero-order valence-corrected chi connectivity index (χ0v) is 15.2. The highest BCUT2D eigenvalue weighted by Crippen LogP contribution is 2.39. The van der Waals surface area contributed by atoms with E-state index in [0.717, 1.165) is 0 Å². The van der Waals surface area contributed by atoms with Crippen molar-refractivity contribution in [2.45, 2.75) is 32.7 Å².